The lowest BCUT2D eigenvalue weighted by Gasteiger charge is -2.10. The molecule has 1 aromatic carbocycles. The maximum Gasteiger partial charge on any atom is 0.356 e. The molecule has 2 amide bonds. The quantitative estimate of drug-likeness (QED) is 0.627. The van der Waals surface area contributed by atoms with E-state index < -0.39 is 17.8 Å². The van der Waals surface area contributed by atoms with Crippen LogP contribution in [0, 0.1) is 0 Å². The molecule has 0 saturated carbocycles. The number of hydroxylamine groups is 2. The highest BCUT2D eigenvalue weighted by atomic mass is 35.5. The molecule has 0 unspecified atom stereocenters. The van der Waals surface area contributed by atoms with Crippen LogP contribution < -0.4 is 0 Å². The molecular formula is C13H10ClNO4. The second kappa shape index (κ2) is 5.67. The highest BCUT2D eigenvalue weighted by molar-refractivity contribution is 6.30. The highest BCUT2D eigenvalue weighted by Crippen LogP contribution is 2.13. The summed E-state index contributed by atoms with van der Waals surface area (Å²) in [5.74, 6) is -1.78. The van der Waals surface area contributed by atoms with Crippen LogP contribution >= 0.6 is 11.6 Å². The number of rotatable bonds is 3. The zero-order valence-electron chi connectivity index (χ0n) is 9.84. The number of carbonyl (C=O) groups excluding carboxylic acids is 3. The summed E-state index contributed by atoms with van der Waals surface area (Å²) in [5, 5.41) is 1.10. The molecule has 1 fully saturated rings. The molecule has 0 aliphatic carbocycles. The van der Waals surface area contributed by atoms with Gasteiger partial charge in [-0.15, -0.1) is 5.06 Å². The molecule has 2 rings (SSSR count). The Hall–Kier alpha value is -2.14. The molecule has 19 heavy (non-hydrogen) atoms. The van der Waals surface area contributed by atoms with Gasteiger partial charge in [0.2, 0.25) is 0 Å². The lowest BCUT2D eigenvalue weighted by atomic mass is 10.2. The van der Waals surface area contributed by atoms with Crippen LogP contribution in [0.4, 0.5) is 0 Å². The van der Waals surface area contributed by atoms with Crippen LogP contribution in [0.1, 0.15) is 18.4 Å². The largest absolute Gasteiger partial charge is 0.356 e. The summed E-state index contributed by atoms with van der Waals surface area (Å²) in [5.41, 5.74) is 0.750. The number of amides is 2. The topological polar surface area (TPSA) is 63.7 Å². The Kier molecular flexibility index (Phi) is 3.97. The zero-order valence-corrected chi connectivity index (χ0v) is 10.6. The number of carbonyl (C=O) groups is 3. The zero-order chi connectivity index (χ0) is 13.8. The molecule has 1 heterocycles. The van der Waals surface area contributed by atoms with Gasteiger partial charge in [-0.05, 0) is 23.8 Å². The molecule has 98 valence electrons. The number of hydrogen-bond acceptors (Lipinski definition) is 4. The number of imide groups is 1. The maximum absolute atomic E-state index is 11.4. The number of benzene rings is 1. The smallest absolute Gasteiger partial charge is 0.326 e. The Balaban J connectivity index is 1.96. The van der Waals surface area contributed by atoms with E-state index in [0.29, 0.717) is 10.1 Å². The van der Waals surface area contributed by atoms with E-state index in [1.165, 1.54) is 6.08 Å². The van der Waals surface area contributed by atoms with Gasteiger partial charge in [0, 0.05) is 23.9 Å². The molecule has 1 aliphatic rings. The van der Waals surface area contributed by atoms with Gasteiger partial charge in [0.25, 0.3) is 11.8 Å². The summed E-state index contributed by atoms with van der Waals surface area (Å²) in [4.78, 5) is 38.6. The van der Waals surface area contributed by atoms with Gasteiger partial charge in [0.15, 0.2) is 0 Å². The third kappa shape index (κ3) is 3.42. The molecule has 6 heteroatoms. The van der Waals surface area contributed by atoms with Crippen LogP contribution in [0.15, 0.2) is 30.3 Å². The fourth-order valence-electron chi connectivity index (χ4n) is 1.52. The van der Waals surface area contributed by atoms with Gasteiger partial charge in [-0.3, -0.25) is 9.59 Å². The average Bonchev–Trinajstić information content (AvgIpc) is 2.70. The molecule has 0 radical (unpaired) electrons. The SMILES string of the molecule is O=C(/C=C/c1ccc(Cl)cc1)ON1C(=O)CCC1=O. The average molecular weight is 280 g/mol. The summed E-state index contributed by atoms with van der Waals surface area (Å²) in [6.45, 7) is 0. The van der Waals surface area contributed by atoms with Crippen LogP contribution in [0.2, 0.25) is 5.02 Å². The van der Waals surface area contributed by atoms with Crippen molar-refractivity contribution in [1.29, 1.82) is 0 Å². The van der Waals surface area contributed by atoms with E-state index in [9.17, 15) is 14.4 Å². The van der Waals surface area contributed by atoms with Gasteiger partial charge in [-0.25, -0.2) is 4.79 Å². The Labute approximate surface area is 114 Å². The van der Waals surface area contributed by atoms with Crippen molar-refractivity contribution < 1.29 is 19.2 Å². The number of halogens is 1. The molecule has 0 aromatic heterocycles. The minimum absolute atomic E-state index is 0.0764. The third-order valence-electron chi connectivity index (χ3n) is 2.47. The van der Waals surface area contributed by atoms with E-state index in [0.717, 1.165) is 11.6 Å². The first-order valence-corrected chi connectivity index (χ1v) is 5.95. The third-order valence-corrected chi connectivity index (χ3v) is 2.72. The maximum atomic E-state index is 11.4. The summed E-state index contributed by atoms with van der Waals surface area (Å²) in [6.07, 6.45) is 2.80. The van der Waals surface area contributed by atoms with Gasteiger partial charge in [-0.1, -0.05) is 23.7 Å². The van der Waals surface area contributed by atoms with Crippen molar-refractivity contribution in [2.24, 2.45) is 0 Å². The van der Waals surface area contributed by atoms with E-state index in [1.807, 2.05) is 0 Å². The lowest BCUT2D eigenvalue weighted by molar-refractivity contribution is -0.193. The van der Waals surface area contributed by atoms with Crippen molar-refractivity contribution in [2.45, 2.75) is 12.8 Å². The minimum atomic E-state index is -0.779. The van der Waals surface area contributed by atoms with Crippen LogP contribution in [0.25, 0.3) is 6.08 Å². The van der Waals surface area contributed by atoms with Gasteiger partial charge < -0.3 is 4.84 Å². The second-order valence-electron chi connectivity index (χ2n) is 3.88. The molecule has 5 nitrogen and oxygen atoms in total. The standard InChI is InChI=1S/C13H10ClNO4/c14-10-4-1-9(2-5-10)3-8-13(18)19-15-11(16)6-7-12(15)17/h1-5,8H,6-7H2/b8-3+. The van der Waals surface area contributed by atoms with Crippen LogP contribution in [0.5, 0.6) is 0 Å². The molecule has 1 aliphatic heterocycles. The van der Waals surface area contributed by atoms with Crippen molar-refractivity contribution in [3.63, 3.8) is 0 Å². The fourth-order valence-corrected chi connectivity index (χ4v) is 1.64. The van der Waals surface area contributed by atoms with Crippen molar-refractivity contribution in [2.75, 3.05) is 0 Å². The van der Waals surface area contributed by atoms with Crippen molar-refractivity contribution >= 4 is 35.5 Å². The van der Waals surface area contributed by atoms with Crippen molar-refractivity contribution in [3.8, 4) is 0 Å². The van der Waals surface area contributed by atoms with E-state index in [1.54, 1.807) is 24.3 Å². The van der Waals surface area contributed by atoms with Gasteiger partial charge in [-0.2, -0.15) is 0 Å². The number of hydrogen-bond donors (Lipinski definition) is 0. The predicted molar refractivity (Wildman–Crippen MR) is 67.7 cm³/mol. The van der Waals surface area contributed by atoms with Crippen molar-refractivity contribution in [1.82, 2.24) is 5.06 Å². The molecule has 1 aromatic rings. The van der Waals surface area contributed by atoms with Gasteiger partial charge in [0.05, 0.1) is 0 Å². The Morgan fingerprint density at radius 3 is 2.32 bits per heavy atom. The second-order valence-corrected chi connectivity index (χ2v) is 4.31. The van der Waals surface area contributed by atoms with Crippen LogP contribution in [-0.2, 0) is 19.2 Å². The summed E-state index contributed by atoms with van der Waals surface area (Å²) in [6, 6.07) is 6.80. The molecule has 1 saturated heterocycles. The summed E-state index contributed by atoms with van der Waals surface area (Å²) >= 11 is 5.72. The van der Waals surface area contributed by atoms with E-state index >= 15 is 0 Å². The van der Waals surface area contributed by atoms with E-state index in [2.05, 4.69) is 4.84 Å². The lowest BCUT2D eigenvalue weighted by Crippen LogP contribution is -2.31. The first kappa shape index (κ1) is 13.3. The highest BCUT2D eigenvalue weighted by Gasteiger charge is 2.32. The fraction of sp³-hybridized carbons (Fsp3) is 0.154. The van der Waals surface area contributed by atoms with Crippen molar-refractivity contribution in [3.05, 3.63) is 40.9 Å². The van der Waals surface area contributed by atoms with Gasteiger partial charge in [0.1, 0.15) is 0 Å². The number of nitrogens with zero attached hydrogens (tertiary/aromatic N) is 1. The predicted octanol–water partition coefficient (Wildman–Crippen LogP) is 1.96. The molecule has 0 bridgehead atoms. The van der Waals surface area contributed by atoms with E-state index in [-0.39, 0.29) is 12.8 Å². The molecule has 0 N–H and O–H groups in total. The van der Waals surface area contributed by atoms with Gasteiger partial charge >= 0.3 is 5.97 Å². The first-order chi connectivity index (χ1) is 9.06. The molecule has 0 spiro atoms. The summed E-state index contributed by atoms with van der Waals surface area (Å²) in [7, 11) is 0. The summed E-state index contributed by atoms with van der Waals surface area (Å²) < 4.78 is 0. The first-order valence-electron chi connectivity index (χ1n) is 5.57. The van der Waals surface area contributed by atoms with Crippen LogP contribution in [-0.4, -0.2) is 22.8 Å². The van der Waals surface area contributed by atoms with E-state index in [4.69, 9.17) is 11.6 Å². The van der Waals surface area contributed by atoms with Crippen LogP contribution in [0.3, 0.4) is 0 Å². The Bertz CT molecular complexity index is 534. The molecular weight excluding hydrogens is 270 g/mol. The molecule has 0 atom stereocenters. The minimum Gasteiger partial charge on any atom is -0.326 e. The monoisotopic (exact) mass is 279 g/mol. The normalized spacial score (nSPS) is 15.3. The Morgan fingerprint density at radius 2 is 1.74 bits per heavy atom. The Morgan fingerprint density at radius 1 is 1.16 bits per heavy atom.